The lowest BCUT2D eigenvalue weighted by Gasteiger charge is -2.21. The van der Waals surface area contributed by atoms with E-state index in [1.807, 2.05) is 5.51 Å². The van der Waals surface area contributed by atoms with Crippen LogP contribution in [0.2, 0.25) is 0 Å². The number of nitrogens with zero attached hydrogens (tertiary/aromatic N) is 1. The van der Waals surface area contributed by atoms with Gasteiger partial charge in [0, 0.05) is 10.9 Å². The Morgan fingerprint density at radius 1 is 1.35 bits per heavy atom. The minimum Gasteiger partial charge on any atom is -0.309 e. The van der Waals surface area contributed by atoms with Gasteiger partial charge >= 0.3 is 0 Å². The van der Waals surface area contributed by atoms with E-state index in [0.717, 1.165) is 12.5 Å². The highest BCUT2D eigenvalue weighted by molar-refractivity contribution is 7.09. The van der Waals surface area contributed by atoms with Gasteiger partial charge in [0.2, 0.25) is 0 Å². The van der Waals surface area contributed by atoms with E-state index < -0.39 is 0 Å². The van der Waals surface area contributed by atoms with E-state index >= 15 is 0 Å². The van der Waals surface area contributed by atoms with Gasteiger partial charge in [0.05, 0.1) is 11.2 Å². The van der Waals surface area contributed by atoms with Gasteiger partial charge in [-0.2, -0.15) is 0 Å². The second-order valence-corrected chi connectivity index (χ2v) is 5.82. The van der Waals surface area contributed by atoms with Crippen molar-refractivity contribution in [1.29, 1.82) is 0 Å². The van der Waals surface area contributed by atoms with Crippen LogP contribution in [0, 0.1) is 12.8 Å². The summed E-state index contributed by atoms with van der Waals surface area (Å²) in [6, 6.07) is 0.504. The predicted molar refractivity (Wildman–Crippen MR) is 76.6 cm³/mol. The zero-order chi connectivity index (χ0) is 12.7. The van der Waals surface area contributed by atoms with Crippen LogP contribution < -0.4 is 5.32 Å². The molecule has 1 aromatic rings. The molecule has 2 nitrogen and oxygen atoms in total. The van der Waals surface area contributed by atoms with Crippen molar-refractivity contribution < 1.29 is 0 Å². The van der Waals surface area contributed by atoms with Gasteiger partial charge in [-0.15, -0.1) is 11.3 Å². The van der Waals surface area contributed by atoms with Gasteiger partial charge in [0.1, 0.15) is 0 Å². The molecule has 1 rings (SSSR count). The highest BCUT2D eigenvalue weighted by Gasteiger charge is 2.17. The molecule has 0 aliphatic heterocycles. The van der Waals surface area contributed by atoms with Crippen LogP contribution in [0.15, 0.2) is 5.51 Å². The summed E-state index contributed by atoms with van der Waals surface area (Å²) in [5.41, 5.74) is 3.17. The van der Waals surface area contributed by atoms with Crippen LogP contribution in [0.25, 0.3) is 0 Å². The summed E-state index contributed by atoms with van der Waals surface area (Å²) in [7, 11) is 0. The number of thiazole rings is 1. The van der Waals surface area contributed by atoms with E-state index in [1.54, 1.807) is 11.3 Å². The molecule has 0 bridgehead atoms. The lowest BCUT2D eigenvalue weighted by Crippen LogP contribution is -2.24. The first-order chi connectivity index (χ1) is 8.19. The first-order valence-electron chi connectivity index (χ1n) is 6.82. The van der Waals surface area contributed by atoms with Gasteiger partial charge in [-0.05, 0) is 32.2 Å². The lowest BCUT2D eigenvalue weighted by molar-refractivity contribution is 0.392. The Hall–Kier alpha value is -0.410. The summed E-state index contributed by atoms with van der Waals surface area (Å²) in [5, 5.41) is 3.67. The molecule has 0 radical (unpaired) electrons. The fourth-order valence-electron chi connectivity index (χ4n) is 2.26. The molecule has 0 amide bonds. The Morgan fingerprint density at radius 3 is 2.65 bits per heavy atom. The molecular formula is C14H26N2S. The standard InChI is InChI=1S/C14H26N2S/c1-5-7-11(3)9-13(15-8-6-2)14-12(4)16-10-17-14/h10-11,13,15H,5-9H2,1-4H3. The summed E-state index contributed by atoms with van der Waals surface area (Å²) < 4.78 is 0. The van der Waals surface area contributed by atoms with Gasteiger partial charge < -0.3 is 5.32 Å². The van der Waals surface area contributed by atoms with Crippen molar-refractivity contribution in [2.45, 2.75) is 59.4 Å². The SMILES string of the molecule is CCCNC(CC(C)CCC)c1scnc1C. The largest absolute Gasteiger partial charge is 0.309 e. The second-order valence-electron chi connectivity index (χ2n) is 4.94. The maximum Gasteiger partial charge on any atom is 0.0798 e. The molecule has 0 spiro atoms. The van der Waals surface area contributed by atoms with Gasteiger partial charge in [-0.3, -0.25) is 0 Å². The molecule has 1 heterocycles. The van der Waals surface area contributed by atoms with E-state index in [9.17, 15) is 0 Å². The molecular weight excluding hydrogens is 228 g/mol. The van der Waals surface area contributed by atoms with Gasteiger partial charge in [-0.1, -0.05) is 33.6 Å². The summed E-state index contributed by atoms with van der Waals surface area (Å²) in [6.07, 6.45) is 5.03. The smallest absolute Gasteiger partial charge is 0.0798 e. The highest BCUT2D eigenvalue weighted by atomic mass is 32.1. The van der Waals surface area contributed by atoms with Crippen LogP contribution in [0.4, 0.5) is 0 Å². The van der Waals surface area contributed by atoms with E-state index in [2.05, 4.69) is 38.0 Å². The Balaban J connectivity index is 2.63. The average Bonchev–Trinajstić information content (AvgIpc) is 2.71. The van der Waals surface area contributed by atoms with E-state index in [4.69, 9.17) is 0 Å². The maximum atomic E-state index is 4.38. The minimum atomic E-state index is 0.504. The molecule has 0 saturated carbocycles. The summed E-state index contributed by atoms with van der Waals surface area (Å²) in [6.45, 7) is 10.1. The van der Waals surface area contributed by atoms with Crippen molar-refractivity contribution in [2.24, 2.45) is 5.92 Å². The second kappa shape index (κ2) is 7.83. The number of aryl methyl sites for hydroxylation is 1. The number of hydrogen-bond acceptors (Lipinski definition) is 3. The Morgan fingerprint density at radius 2 is 2.12 bits per heavy atom. The van der Waals surface area contributed by atoms with Gasteiger partial charge in [0.15, 0.2) is 0 Å². The summed E-state index contributed by atoms with van der Waals surface area (Å²) in [4.78, 5) is 5.81. The molecule has 2 unspecified atom stereocenters. The molecule has 1 aromatic heterocycles. The Kier molecular flexibility index (Phi) is 6.75. The lowest BCUT2D eigenvalue weighted by atomic mass is 9.96. The summed E-state index contributed by atoms with van der Waals surface area (Å²) >= 11 is 1.79. The van der Waals surface area contributed by atoms with E-state index in [1.165, 1.54) is 36.3 Å². The van der Waals surface area contributed by atoms with Crippen molar-refractivity contribution in [1.82, 2.24) is 10.3 Å². The Bertz CT molecular complexity index is 309. The molecule has 0 saturated heterocycles. The molecule has 2 atom stereocenters. The minimum absolute atomic E-state index is 0.504. The van der Waals surface area contributed by atoms with Crippen molar-refractivity contribution in [3.8, 4) is 0 Å². The van der Waals surface area contributed by atoms with Crippen LogP contribution in [0.1, 0.15) is 63.1 Å². The fraction of sp³-hybridized carbons (Fsp3) is 0.786. The molecule has 3 heteroatoms. The maximum absolute atomic E-state index is 4.38. The first-order valence-corrected chi connectivity index (χ1v) is 7.70. The molecule has 1 N–H and O–H groups in total. The summed E-state index contributed by atoms with van der Waals surface area (Å²) in [5.74, 6) is 0.788. The number of rotatable bonds is 8. The number of aromatic nitrogens is 1. The predicted octanol–water partition coefficient (Wildman–Crippen LogP) is 4.32. The van der Waals surface area contributed by atoms with Crippen LogP contribution in [0.5, 0.6) is 0 Å². The Labute approximate surface area is 110 Å². The van der Waals surface area contributed by atoms with Crippen LogP contribution in [-0.2, 0) is 0 Å². The normalized spacial score (nSPS) is 14.8. The molecule has 17 heavy (non-hydrogen) atoms. The monoisotopic (exact) mass is 254 g/mol. The van der Waals surface area contributed by atoms with Crippen LogP contribution in [0.3, 0.4) is 0 Å². The van der Waals surface area contributed by atoms with Gasteiger partial charge in [0.25, 0.3) is 0 Å². The third-order valence-electron chi connectivity index (χ3n) is 3.16. The third kappa shape index (κ3) is 4.76. The average molecular weight is 254 g/mol. The zero-order valence-electron chi connectivity index (χ0n) is 11.6. The van der Waals surface area contributed by atoms with E-state index in [0.29, 0.717) is 6.04 Å². The number of nitrogens with one attached hydrogen (secondary N) is 1. The molecule has 0 aliphatic rings. The van der Waals surface area contributed by atoms with Crippen LogP contribution >= 0.6 is 11.3 Å². The zero-order valence-corrected chi connectivity index (χ0v) is 12.4. The number of hydrogen-bond donors (Lipinski definition) is 1. The van der Waals surface area contributed by atoms with Gasteiger partial charge in [-0.25, -0.2) is 4.98 Å². The quantitative estimate of drug-likeness (QED) is 0.747. The highest BCUT2D eigenvalue weighted by Crippen LogP contribution is 2.28. The van der Waals surface area contributed by atoms with Crippen molar-refractivity contribution in [2.75, 3.05) is 6.54 Å². The molecule has 0 aromatic carbocycles. The van der Waals surface area contributed by atoms with E-state index in [-0.39, 0.29) is 0 Å². The molecule has 98 valence electrons. The van der Waals surface area contributed by atoms with Crippen molar-refractivity contribution in [3.05, 3.63) is 16.1 Å². The fourth-order valence-corrected chi connectivity index (χ4v) is 3.15. The third-order valence-corrected chi connectivity index (χ3v) is 4.20. The van der Waals surface area contributed by atoms with Crippen molar-refractivity contribution >= 4 is 11.3 Å². The molecule has 0 aliphatic carbocycles. The van der Waals surface area contributed by atoms with Crippen molar-refractivity contribution in [3.63, 3.8) is 0 Å². The topological polar surface area (TPSA) is 24.9 Å². The first kappa shape index (κ1) is 14.7. The molecule has 0 fully saturated rings. The van der Waals surface area contributed by atoms with Crippen LogP contribution in [-0.4, -0.2) is 11.5 Å².